The number of carboxylic acid groups (broad SMARTS) is 1. The maximum atomic E-state index is 11.8. The molecule has 22 heavy (non-hydrogen) atoms. The standard InChI is InChI=1S/C17H14N2O3/c20-16(21)7-4-11-2-1-3-12(8-11)13-5-6-15-14(9-13)17(22)19-10-18-15/h1-3,5-6,8-10H,4,7H2,(H,20,21)(H,18,19,22). The molecule has 0 saturated heterocycles. The minimum atomic E-state index is -0.811. The molecule has 0 atom stereocenters. The highest BCUT2D eigenvalue weighted by Gasteiger charge is 2.05. The van der Waals surface area contributed by atoms with Crippen LogP contribution in [0.2, 0.25) is 0 Å². The smallest absolute Gasteiger partial charge is 0.303 e. The number of aliphatic carboxylic acids is 1. The van der Waals surface area contributed by atoms with Crippen molar-refractivity contribution in [3.63, 3.8) is 0 Å². The molecule has 0 saturated carbocycles. The van der Waals surface area contributed by atoms with Crippen LogP contribution < -0.4 is 5.56 Å². The molecule has 3 aromatic rings. The van der Waals surface area contributed by atoms with Crippen LogP contribution >= 0.6 is 0 Å². The molecule has 5 heteroatoms. The van der Waals surface area contributed by atoms with Crippen LogP contribution in [0.4, 0.5) is 0 Å². The molecule has 2 aromatic carbocycles. The molecule has 5 nitrogen and oxygen atoms in total. The van der Waals surface area contributed by atoms with Gasteiger partial charge >= 0.3 is 5.97 Å². The van der Waals surface area contributed by atoms with Gasteiger partial charge in [-0.3, -0.25) is 9.59 Å². The Hall–Kier alpha value is -2.95. The number of nitrogens with one attached hydrogen (secondary N) is 1. The summed E-state index contributed by atoms with van der Waals surface area (Å²) in [5.41, 5.74) is 3.29. The van der Waals surface area contributed by atoms with E-state index in [2.05, 4.69) is 9.97 Å². The zero-order valence-corrected chi connectivity index (χ0v) is 11.7. The van der Waals surface area contributed by atoms with Crippen molar-refractivity contribution in [3.05, 3.63) is 64.7 Å². The van der Waals surface area contributed by atoms with E-state index < -0.39 is 5.97 Å². The van der Waals surface area contributed by atoms with Gasteiger partial charge in [-0.25, -0.2) is 4.98 Å². The number of benzene rings is 2. The van der Waals surface area contributed by atoms with Gasteiger partial charge in [0, 0.05) is 6.42 Å². The summed E-state index contributed by atoms with van der Waals surface area (Å²) >= 11 is 0. The molecule has 0 aliphatic carbocycles. The largest absolute Gasteiger partial charge is 0.481 e. The Balaban J connectivity index is 2.00. The van der Waals surface area contributed by atoms with E-state index in [-0.39, 0.29) is 12.0 Å². The van der Waals surface area contributed by atoms with Crippen LogP contribution in [0.3, 0.4) is 0 Å². The fraction of sp³-hybridized carbons (Fsp3) is 0.118. The molecule has 2 N–H and O–H groups in total. The third kappa shape index (κ3) is 2.88. The molecule has 0 spiro atoms. The molecule has 0 aliphatic rings. The quantitative estimate of drug-likeness (QED) is 0.774. The topological polar surface area (TPSA) is 83.0 Å². The highest BCUT2D eigenvalue weighted by molar-refractivity contribution is 5.83. The number of hydrogen-bond acceptors (Lipinski definition) is 3. The minimum absolute atomic E-state index is 0.102. The maximum Gasteiger partial charge on any atom is 0.303 e. The summed E-state index contributed by atoms with van der Waals surface area (Å²) in [6.07, 6.45) is 1.97. The molecule has 110 valence electrons. The van der Waals surface area contributed by atoms with Crippen molar-refractivity contribution in [2.24, 2.45) is 0 Å². The monoisotopic (exact) mass is 294 g/mol. The van der Waals surface area contributed by atoms with E-state index in [1.54, 1.807) is 6.07 Å². The Labute approximate surface area is 126 Å². The molecular formula is C17H14N2O3. The summed E-state index contributed by atoms with van der Waals surface area (Å²) in [6.45, 7) is 0. The number of H-pyrrole nitrogens is 1. The fourth-order valence-corrected chi connectivity index (χ4v) is 2.41. The first kappa shape index (κ1) is 14.0. The molecule has 0 unspecified atom stereocenters. The number of rotatable bonds is 4. The lowest BCUT2D eigenvalue weighted by Gasteiger charge is -2.06. The van der Waals surface area contributed by atoms with Crippen molar-refractivity contribution in [2.45, 2.75) is 12.8 Å². The highest BCUT2D eigenvalue weighted by Crippen LogP contribution is 2.23. The summed E-state index contributed by atoms with van der Waals surface area (Å²) in [6, 6.07) is 13.2. The summed E-state index contributed by atoms with van der Waals surface area (Å²) in [7, 11) is 0. The molecular weight excluding hydrogens is 280 g/mol. The van der Waals surface area contributed by atoms with Crippen LogP contribution in [0.1, 0.15) is 12.0 Å². The van der Waals surface area contributed by atoms with E-state index in [9.17, 15) is 9.59 Å². The van der Waals surface area contributed by atoms with Crippen LogP contribution in [0.5, 0.6) is 0 Å². The van der Waals surface area contributed by atoms with Gasteiger partial charge in [0.15, 0.2) is 0 Å². The fourth-order valence-electron chi connectivity index (χ4n) is 2.41. The molecule has 0 bridgehead atoms. The number of carboxylic acids is 1. The Morgan fingerprint density at radius 3 is 2.77 bits per heavy atom. The molecule has 0 amide bonds. The van der Waals surface area contributed by atoms with Crippen molar-refractivity contribution in [2.75, 3.05) is 0 Å². The molecule has 0 aliphatic heterocycles. The number of hydrogen-bond donors (Lipinski definition) is 2. The van der Waals surface area contributed by atoms with Gasteiger partial charge in [-0.2, -0.15) is 0 Å². The second-order valence-electron chi connectivity index (χ2n) is 5.06. The average molecular weight is 294 g/mol. The van der Waals surface area contributed by atoms with Gasteiger partial charge in [-0.1, -0.05) is 30.3 Å². The first-order chi connectivity index (χ1) is 10.6. The predicted octanol–water partition coefficient (Wildman–Crippen LogP) is 2.61. The van der Waals surface area contributed by atoms with E-state index in [0.717, 1.165) is 16.7 Å². The van der Waals surface area contributed by atoms with Gasteiger partial charge < -0.3 is 10.1 Å². The maximum absolute atomic E-state index is 11.8. The second-order valence-corrected chi connectivity index (χ2v) is 5.06. The first-order valence-corrected chi connectivity index (χ1v) is 6.92. The summed E-state index contributed by atoms with van der Waals surface area (Å²) in [4.78, 5) is 29.2. The molecule has 1 aromatic heterocycles. The van der Waals surface area contributed by atoms with E-state index in [4.69, 9.17) is 5.11 Å². The van der Waals surface area contributed by atoms with Gasteiger partial charge in [-0.15, -0.1) is 0 Å². The van der Waals surface area contributed by atoms with Gasteiger partial charge in [0.2, 0.25) is 0 Å². The van der Waals surface area contributed by atoms with Crippen LogP contribution in [-0.2, 0) is 11.2 Å². The lowest BCUT2D eigenvalue weighted by Crippen LogP contribution is -2.06. The number of nitrogens with zero attached hydrogens (tertiary/aromatic N) is 1. The van der Waals surface area contributed by atoms with E-state index in [0.29, 0.717) is 17.3 Å². The van der Waals surface area contributed by atoms with Crippen LogP contribution in [0.25, 0.3) is 22.0 Å². The molecule has 1 heterocycles. The van der Waals surface area contributed by atoms with Crippen molar-refractivity contribution in [1.82, 2.24) is 9.97 Å². The van der Waals surface area contributed by atoms with Gasteiger partial charge in [-0.05, 0) is 35.2 Å². The van der Waals surface area contributed by atoms with Crippen molar-refractivity contribution in [3.8, 4) is 11.1 Å². The summed E-state index contributed by atoms with van der Waals surface area (Å²) in [5.74, 6) is -0.811. The van der Waals surface area contributed by atoms with Crippen molar-refractivity contribution in [1.29, 1.82) is 0 Å². The zero-order valence-electron chi connectivity index (χ0n) is 11.7. The second kappa shape index (κ2) is 5.81. The van der Waals surface area contributed by atoms with Crippen LogP contribution in [0.15, 0.2) is 53.6 Å². The number of aromatic amines is 1. The Bertz CT molecular complexity index is 900. The Morgan fingerprint density at radius 1 is 1.14 bits per heavy atom. The van der Waals surface area contributed by atoms with Gasteiger partial charge in [0.25, 0.3) is 5.56 Å². The summed E-state index contributed by atoms with van der Waals surface area (Å²) < 4.78 is 0. The van der Waals surface area contributed by atoms with Crippen molar-refractivity contribution >= 4 is 16.9 Å². The SMILES string of the molecule is O=C(O)CCc1cccc(-c2ccc3nc[nH]c(=O)c3c2)c1. The normalized spacial score (nSPS) is 10.7. The first-order valence-electron chi connectivity index (χ1n) is 6.92. The lowest BCUT2D eigenvalue weighted by molar-refractivity contribution is -0.136. The number of carbonyl (C=O) groups is 1. The van der Waals surface area contributed by atoms with Gasteiger partial charge in [0.05, 0.1) is 17.2 Å². The van der Waals surface area contributed by atoms with E-state index >= 15 is 0 Å². The van der Waals surface area contributed by atoms with Crippen LogP contribution in [0, 0.1) is 0 Å². The number of aromatic nitrogens is 2. The zero-order chi connectivity index (χ0) is 15.5. The Kier molecular flexibility index (Phi) is 3.70. The molecule has 0 fully saturated rings. The highest BCUT2D eigenvalue weighted by atomic mass is 16.4. The predicted molar refractivity (Wildman–Crippen MR) is 83.8 cm³/mol. The molecule has 0 radical (unpaired) electrons. The van der Waals surface area contributed by atoms with E-state index in [1.807, 2.05) is 36.4 Å². The van der Waals surface area contributed by atoms with E-state index in [1.165, 1.54) is 6.33 Å². The summed E-state index contributed by atoms with van der Waals surface area (Å²) in [5, 5.41) is 9.30. The minimum Gasteiger partial charge on any atom is -0.481 e. The average Bonchev–Trinajstić information content (AvgIpc) is 2.53. The third-order valence-electron chi connectivity index (χ3n) is 3.53. The molecule has 3 rings (SSSR count). The third-order valence-corrected chi connectivity index (χ3v) is 3.53. The Morgan fingerprint density at radius 2 is 1.95 bits per heavy atom. The van der Waals surface area contributed by atoms with Gasteiger partial charge in [0.1, 0.15) is 0 Å². The van der Waals surface area contributed by atoms with Crippen molar-refractivity contribution < 1.29 is 9.90 Å². The number of aryl methyl sites for hydroxylation is 1. The van der Waals surface area contributed by atoms with Crippen LogP contribution in [-0.4, -0.2) is 21.0 Å². The number of fused-ring (bicyclic) bond motifs is 1. The lowest BCUT2D eigenvalue weighted by atomic mass is 10.00.